The highest BCUT2D eigenvalue weighted by molar-refractivity contribution is 5.80. The molecule has 0 aromatic carbocycles. The molecule has 1 aliphatic carbocycles. The van der Waals surface area contributed by atoms with Crippen LogP contribution in [0.4, 0.5) is 5.82 Å². The van der Waals surface area contributed by atoms with E-state index < -0.39 is 0 Å². The van der Waals surface area contributed by atoms with Crippen LogP contribution in [0.2, 0.25) is 0 Å². The van der Waals surface area contributed by atoms with Gasteiger partial charge in [-0.25, -0.2) is 4.98 Å². The van der Waals surface area contributed by atoms with Crippen molar-refractivity contribution < 1.29 is 4.79 Å². The van der Waals surface area contributed by atoms with E-state index in [2.05, 4.69) is 21.7 Å². The minimum absolute atomic E-state index is 0.126. The van der Waals surface area contributed by atoms with Gasteiger partial charge in [-0.3, -0.25) is 4.79 Å². The second kappa shape index (κ2) is 5.50. The lowest BCUT2D eigenvalue weighted by Crippen LogP contribution is -2.27. The Balaban J connectivity index is 2.23. The third-order valence-corrected chi connectivity index (χ3v) is 3.12. The van der Waals surface area contributed by atoms with Crippen molar-refractivity contribution in [2.75, 3.05) is 18.9 Å². The van der Waals surface area contributed by atoms with Gasteiger partial charge in [0.15, 0.2) is 0 Å². The second-order valence-corrected chi connectivity index (χ2v) is 4.34. The Hall–Kier alpha value is -2.09. The van der Waals surface area contributed by atoms with Crippen molar-refractivity contribution in [3.8, 4) is 6.07 Å². The Kier molecular flexibility index (Phi) is 3.78. The molecule has 0 saturated heterocycles. The Morgan fingerprint density at radius 3 is 3.00 bits per heavy atom. The standard InChI is InChI=1S/C13H16N4O/c1-15-12(18)8-16-13-10(7-14)6-9-4-2-3-5-11(9)17-13/h6H,2-5,8H2,1H3,(H,15,18)(H,16,17). The number of rotatable bonds is 3. The highest BCUT2D eigenvalue weighted by atomic mass is 16.1. The number of nitriles is 1. The van der Waals surface area contributed by atoms with E-state index in [4.69, 9.17) is 5.26 Å². The van der Waals surface area contributed by atoms with Crippen LogP contribution in [0.25, 0.3) is 0 Å². The lowest BCUT2D eigenvalue weighted by atomic mass is 9.95. The molecule has 1 aliphatic rings. The maximum Gasteiger partial charge on any atom is 0.239 e. The summed E-state index contributed by atoms with van der Waals surface area (Å²) in [6.07, 6.45) is 4.24. The molecule has 5 heteroatoms. The van der Waals surface area contributed by atoms with Crippen molar-refractivity contribution in [1.29, 1.82) is 5.26 Å². The predicted molar refractivity (Wildman–Crippen MR) is 68.2 cm³/mol. The molecule has 2 rings (SSSR count). The first-order chi connectivity index (χ1) is 8.74. The van der Waals surface area contributed by atoms with Gasteiger partial charge in [-0.05, 0) is 37.3 Å². The Morgan fingerprint density at radius 2 is 2.28 bits per heavy atom. The molecule has 0 atom stereocenters. The van der Waals surface area contributed by atoms with Gasteiger partial charge in [-0.1, -0.05) is 0 Å². The van der Waals surface area contributed by atoms with Crippen LogP contribution in [0, 0.1) is 11.3 Å². The van der Waals surface area contributed by atoms with Gasteiger partial charge in [-0.15, -0.1) is 0 Å². The van der Waals surface area contributed by atoms with Crippen LogP contribution < -0.4 is 10.6 Å². The van der Waals surface area contributed by atoms with Crippen LogP contribution >= 0.6 is 0 Å². The molecule has 0 saturated carbocycles. The van der Waals surface area contributed by atoms with Crippen LogP contribution in [-0.2, 0) is 17.6 Å². The average Bonchev–Trinajstić information content (AvgIpc) is 2.43. The SMILES string of the molecule is CNC(=O)CNc1nc2c(cc1C#N)CCCC2. The molecule has 2 N–H and O–H groups in total. The Labute approximate surface area is 106 Å². The highest BCUT2D eigenvalue weighted by Gasteiger charge is 2.15. The van der Waals surface area contributed by atoms with Gasteiger partial charge in [0, 0.05) is 12.7 Å². The van der Waals surface area contributed by atoms with Gasteiger partial charge in [0.2, 0.25) is 5.91 Å². The van der Waals surface area contributed by atoms with E-state index in [-0.39, 0.29) is 12.5 Å². The quantitative estimate of drug-likeness (QED) is 0.831. The van der Waals surface area contributed by atoms with E-state index in [1.807, 2.05) is 6.07 Å². The summed E-state index contributed by atoms with van der Waals surface area (Å²) in [5.74, 6) is 0.389. The normalized spacial score (nSPS) is 13.3. The molecular formula is C13H16N4O. The molecular weight excluding hydrogens is 228 g/mol. The number of nitrogens with one attached hydrogen (secondary N) is 2. The third kappa shape index (κ3) is 2.59. The fourth-order valence-electron chi connectivity index (χ4n) is 2.11. The summed E-state index contributed by atoms with van der Waals surface area (Å²) >= 11 is 0. The Bertz CT molecular complexity index is 504. The number of likely N-dealkylation sites (N-methyl/N-ethyl adjacent to an activating group) is 1. The van der Waals surface area contributed by atoms with Crippen molar-refractivity contribution >= 4 is 11.7 Å². The van der Waals surface area contributed by atoms with Crippen molar-refractivity contribution in [1.82, 2.24) is 10.3 Å². The van der Waals surface area contributed by atoms with E-state index in [0.29, 0.717) is 11.4 Å². The number of carbonyl (C=O) groups is 1. The number of hydrogen-bond donors (Lipinski definition) is 2. The molecule has 0 aliphatic heterocycles. The first-order valence-electron chi connectivity index (χ1n) is 6.12. The minimum Gasteiger partial charge on any atom is -0.360 e. The number of aromatic nitrogens is 1. The maximum absolute atomic E-state index is 11.2. The summed E-state index contributed by atoms with van der Waals surface area (Å²) in [7, 11) is 1.58. The average molecular weight is 244 g/mol. The van der Waals surface area contributed by atoms with Crippen molar-refractivity contribution in [3.05, 3.63) is 22.9 Å². The number of anilines is 1. The summed E-state index contributed by atoms with van der Waals surface area (Å²) in [5.41, 5.74) is 2.74. The zero-order chi connectivity index (χ0) is 13.0. The third-order valence-electron chi connectivity index (χ3n) is 3.12. The number of pyridine rings is 1. The number of nitrogens with zero attached hydrogens (tertiary/aromatic N) is 2. The smallest absolute Gasteiger partial charge is 0.239 e. The van der Waals surface area contributed by atoms with Crippen LogP contribution in [0.1, 0.15) is 29.7 Å². The van der Waals surface area contributed by atoms with Crippen molar-refractivity contribution in [3.63, 3.8) is 0 Å². The van der Waals surface area contributed by atoms with Crippen molar-refractivity contribution in [2.24, 2.45) is 0 Å². The monoisotopic (exact) mass is 244 g/mol. The van der Waals surface area contributed by atoms with E-state index >= 15 is 0 Å². The molecule has 94 valence electrons. The fourth-order valence-corrected chi connectivity index (χ4v) is 2.11. The number of aryl methyl sites for hydroxylation is 2. The zero-order valence-corrected chi connectivity index (χ0v) is 10.4. The van der Waals surface area contributed by atoms with Gasteiger partial charge < -0.3 is 10.6 Å². The molecule has 1 heterocycles. The summed E-state index contributed by atoms with van der Waals surface area (Å²) in [6.45, 7) is 0.136. The molecule has 18 heavy (non-hydrogen) atoms. The summed E-state index contributed by atoms with van der Waals surface area (Å²) in [4.78, 5) is 15.7. The maximum atomic E-state index is 11.2. The lowest BCUT2D eigenvalue weighted by Gasteiger charge is -2.17. The van der Waals surface area contributed by atoms with Gasteiger partial charge in [0.1, 0.15) is 11.9 Å². The van der Waals surface area contributed by atoms with Crippen molar-refractivity contribution in [2.45, 2.75) is 25.7 Å². The summed E-state index contributed by atoms with van der Waals surface area (Å²) in [6, 6.07) is 4.03. The highest BCUT2D eigenvalue weighted by Crippen LogP contribution is 2.24. The van der Waals surface area contributed by atoms with E-state index in [1.165, 1.54) is 5.56 Å². The minimum atomic E-state index is -0.126. The summed E-state index contributed by atoms with van der Waals surface area (Å²) in [5, 5.41) is 14.6. The molecule has 1 aromatic rings. The van der Waals surface area contributed by atoms with Gasteiger partial charge in [0.05, 0.1) is 12.1 Å². The first-order valence-corrected chi connectivity index (χ1v) is 6.12. The van der Waals surface area contributed by atoms with E-state index in [1.54, 1.807) is 7.05 Å². The first kappa shape index (κ1) is 12.4. The topological polar surface area (TPSA) is 77.8 Å². The lowest BCUT2D eigenvalue weighted by molar-refractivity contribution is -0.118. The molecule has 5 nitrogen and oxygen atoms in total. The fraction of sp³-hybridized carbons (Fsp3) is 0.462. The number of hydrogen-bond acceptors (Lipinski definition) is 4. The van der Waals surface area contributed by atoms with Gasteiger partial charge in [0.25, 0.3) is 0 Å². The van der Waals surface area contributed by atoms with Crippen LogP contribution in [-0.4, -0.2) is 24.5 Å². The molecule has 1 amide bonds. The number of carbonyl (C=O) groups excluding carboxylic acids is 1. The van der Waals surface area contributed by atoms with Crippen LogP contribution in [0.3, 0.4) is 0 Å². The molecule has 1 aromatic heterocycles. The largest absolute Gasteiger partial charge is 0.360 e. The molecule has 0 spiro atoms. The van der Waals surface area contributed by atoms with E-state index in [0.717, 1.165) is 31.4 Å². The second-order valence-electron chi connectivity index (χ2n) is 4.34. The molecule has 0 unspecified atom stereocenters. The Morgan fingerprint density at radius 1 is 1.50 bits per heavy atom. The van der Waals surface area contributed by atoms with Gasteiger partial charge in [-0.2, -0.15) is 5.26 Å². The van der Waals surface area contributed by atoms with E-state index in [9.17, 15) is 4.79 Å². The number of amides is 1. The molecule has 0 radical (unpaired) electrons. The molecule has 0 fully saturated rings. The summed E-state index contributed by atoms with van der Waals surface area (Å²) < 4.78 is 0. The number of fused-ring (bicyclic) bond motifs is 1. The molecule has 0 bridgehead atoms. The predicted octanol–water partition coefficient (Wildman–Crippen LogP) is 0.990. The van der Waals surface area contributed by atoms with Crippen LogP contribution in [0.5, 0.6) is 0 Å². The van der Waals surface area contributed by atoms with Gasteiger partial charge >= 0.3 is 0 Å². The van der Waals surface area contributed by atoms with Crippen LogP contribution in [0.15, 0.2) is 6.07 Å². The zero-order valence-electron chi connectivity index (χ0n) is 10.4.